The van der Waals surface area contributed by atoms with Crippen LogP contribution in [-0.4, -0.2) is 27.6 Å². The first kappa shape index (κ1) is 14.4. The zero-order chi connectivity index (χ0) is 15.6. The molecule has 23 heavy (non-hydrogen) atoms. The van der Waals surface area contributed by atoms with Gasteiger partial charge in [0, 0.05) is 18.3 Å². The Morgan fingerprint density at radius 3 is 3.04 bits per heavy atom. The van der Waals surface area contributed by atoms with Crippen molar-refractivity contribution in [1.29, 1.82) is 0 Å². The highest BCUT2D eigenvalue weighted by atomic mass is 15.1. The number of aryl methyl sites for hydroxylation is 1. The van der Waals surface area contributed by atoms with Crippen molar-refractivity contribution in [3.05, 3.63) is 48.2 Å². The van der Waals surface area contributed by atoms with Crippen LogP contribution in [0.3, 0.4) is 0 Å². The molecular weight excluding hydrogens is 284 g/mol. The van der Waals surface area contributed by atoms with Crippen molar-refractivity contribution in [2.45, 2.75) is 26.3 Å². The van der Waals surface area contributed by atoms with Gasteiger partial charge in [-0.1, -0.05) is 23.8 Å². The van der Waals surface area contributed by atoms with Crippen LogP contribution in [0.4, 0.5) is 0 Å². The predicted octanol–water partition coefficient (Wildman–Crippen LogP) is 3.41. The summed E-state index contributed by atoms with van der Waals surface area (Å²) in [4.78, 5) is 9.46. The summed E-state index contributed by atoms with van der Waals surface area (Å²) >= 11 is 0. The van der Waals surface area contributed by atoms with E-state index >= 15 is 0 Å². The predicted molar refractivity (Wildman–Crippen MR) is 93.3 cm³/mol. The Kier molecular flexibility index (Phi) is 3.83. The molecule has 1 aromatic carbocycles. The molecule has 4 heteroatoms. The van der Waals surface area contributed by atoms with Crippen LogP contribution in [0, 0.1) is 12.8 Å². The number of rotatable bonds is 3. The zero-order valence-electron chi connectivity index (χ0n) is 13.5. The van der Waals surface area contributed by atoms with Gasteiger partial charge in [0.1, 0.15) is 11.3 Å². The molecule has 118 valence electrons. The fourth-order valence-electron chi connectivity index (χ4n) is 3.47. The van der Waals surface area contributed by atoms with Crippen LogP contribution in [0.2, 0.25) is 0 Å². The van der Waals surface area contributed by atoms with E-state index in [1.807, 2.05) is 12.3 Å². The van der Waals surface area contributed by atoms with E-state index in [-0.39, 0.29) is 0 Å². The molecule has 2 aromatic heterocycles. The van der Waals surface area contributed by atoms with Crippen molar-refractivity contribution in [3.63, 3.8) is 0 Å². The van der Waals surface area contributed by atoms with Gasteiger partial charge in [0.15, 0.2) is 5.65 Å². The molecule has 0 aliphatic carbocycles. The minimum absolute atomic E-state index is 0.645. The molecule has 0 spiro atoms. The molecule has 0 bridgehead atoms. The van der Waals surface area contributed by atoms with Crippen molar-refractivity contribution in [3.8, 4) is 11.4 Å². The van der Waals surface area contributed by atoms with E-state index in [4.69, 9.17) is 4.98 Å². The highest BCUT2D eigenvalue weighted by Gasteiger charge is 2.19. The summed E-state index contributed by atoms with van der Waals surface area (Å²) in [5.74, 6) is 1.68. The fraction of sp³-hybridized carbons (Fsp3) is 0.368. The number of imidazole rings is 1. The number of pyridine rings is 1. The van der Waals surface area contributed by atoms with Gasteiger partial charge < -0.3 is 9.88 Å². The molecule has 0 amide bonds. The van der Waals surface area contributed by atoms with Gasteiger partial charge >= 0.3 is 0 Å². The normalized spacial score (nSPS) is 18.4. The zero-order valence-corrected chi connectivity index (χ0v) is 13.5. The third-order valence-electron chi connectivity index (χ3n) is 4.62. The lowest BCUT2D eigenvalue weighted by Gasteiger charge is -2.24. The Hall–Kier alpha value is -2.20. The smallest absolute Gasteiger partial charge is 0.160 e. The summed E-state index contributed by atoms with van der Waals surface area (Å²) < 4.78 is 2.31. The van der Waals surface area contributed by atoms with Crippen molar-refractivity contribution in [2.75, 3.05) is 13.1 Å². The van der Waals surface area contributed by atoms with Gasteiger partial charge in [0.25, 0.3) is 0 Å². The first-order chi connectivity index (χ1) is 11.3. The van der Waals surface area contributed by atoms with Crippen LogP contribution in [0.15, 0.2) is 42.6 Å². The first-order valence-corrected chi connectivity index (χ1v) is 8.40. The largest absolute Gasteiger partial charge is 0.316 e. The quantitative estimate of drug-likeness (QED) is 0.806. The maximum absolute atomic E-state index is 4.87. The van der Waals surface area contributed by atoms with Gasteiger partial charge in [-0.15, -0.1) is 0 Å². The minimum atomic E-state index is 0.645. The number of hydrogen-bond donors (Lipinski definition) is 1. The third kappa shape index (κ3) is 2.86. The Morgan fingerprint density at radius 1 is 1.26 bits per heavy atom. The van der Waals surface area contributed by atoms with Gasteiger partial charge in [-0.05, 0) is 57.0 Å². The molecule has 4 rings (SSSR count). The van der Waals surface area contributed by atoms with Gasteiger partial charge in [-0.2, -0.15) is 0 Å². The summed E-state index contributed by atoms with van der Waals surface area (Å²) in [6.07, 6.45) is 4.39. The molecular formula is C19H22N4. The summed E-state index contributed by atoms with van der Waals surface area (Å²) in [5, 5.41) is 3.51. The maximum atomic E-state index is 4.87. The molecule has 1 unspecified atom stereocenters. The molecule has 0 saturated carbocycles. The average molecular weight is 306 g/mol. The number of fused-ring (bicyclic) bond motifs is 1. The number of nitrogens with zero attached hydrogens (tertiary/aromatic N) is 3. The van der Waals surface area contributed by atoms with Gasteiger partial charge in [0.05, 0.1) is 0 Å². The van der Waals surface area contributed by atoms with Crippen LogP contribution < -0.4 is 5.32 Å². The Labute approximate surface area is 136 Å². The van der Waals surface area contributed by atoms with Crippen LogP contribution in [0.5, 0.6) is 0 Å². The monoisotopic (exact) mass is 306 g/mol. The Bertz CT molecular complexity index is 815. The fourth-order valence-corrected chi connectivity index (χ4v) is 3.47. The van der Waals surface area contributed by atoms with E-state index in [1.165, 1.54) is 24.0 Å². The van der Waals surface area contributed by atoms with Crippen molar-refractivity contribution in [1.82, 2.24) is 19.9 Å². The maximum Gasteiger partial charge on any atom is 0.160 e. The van der Waals surface area contributed by atoms with Crippen LogP contribution in [0.1, 0.15) is 18.4 Å². The molecule has 4 nitrogen and oxygen atoms in total. The third-order valence-corrected chi connectivity index (χ3v) is 4.62. The number of nitrogens with one attached hydrogen (secondary N) is 1. The average Bonchev–Trinajstić information content (AvgIpc) is 2.95. The van der Waals surface area contributed by atoms with E-state index < -0.39 is 0 Å². The van der Waals surface area contributed by atoms with E-state index in [1.54, 1.807) is 0 Å². The lowest BCUT2D eigenvalue weighted by Crippen LogP contribution is -2.32. The van der Waals surface area contributed by atoms with E-state index in [0.717, 1.165) is 36.6 Å². The van der Waals surface area contributed by atoms with Crippen molar-refractivity contribution < 1.29 is 0 Å². The molecule has 1 N–H and O–H groups in total. The lowest BCUT2D eigenvalue weighted by molar-refractivity contribution is 0.341. The van der Waals surface area contributed by atoms with Gasteiger partial charge in [-0.25, -0.2) is 9.97 Å². The van der Waals surface area contributed by atoms with Crippen molar-refractivity contribution >= 4 is 11.2 Å². The number of aromatic nitrogens is 3. The summed E-state index contributed by atoms with van der Waals surface area (Å²) in [7, 11) is 0. The van der Waals surface area contributed by atoms with E-state index in [2.05, 4.69) is 52.1 Å². The number of benzene rings is 1. The topological polar surface area (TPSA) is 42.7 Å². The molecule has 3 aromatic rings. The molecule has 1 atom stereocenters. The van der Waals surface area contributed by atoms with Crippen LogP contribution >= 0.6 is 0 Å². The summed E-state index contributed by atoms with van der Waals surface area (Å²) in [6.45, 7) is 5.33. The lowest BCUT2D eigenvalue weighted by atomic mass is 9.99. The van der Waals surface area contributed by atoms with Gasteiger partial charge in [0.2, 0.25) is 0 Å². The second-order valence-corrected chi connectivity index (χ2v) is 6.47. The second kappa shape index (κ2) is 6.13. The molecule has 1 aliphatic rings. The Balaban J connectivity index is 1.80. The second-order valence-electron chi connectivity index (χ2n) is 6.47. The highest BCUT2D eigenvalue weighted by molar-refractivity contribution is 5.77. The minimum Gasteiger partial charge on any atom is -0.316 e. The molecule has 1 saturated heterocycles. The van der Waals surface area contributed by atoms with Crippen LogP contribution in [-0.2, 0) is 6.54 Å². The Morgan fingerprint density at radius 2 is 2.22 bits per heavy atom. The summed E-state index contributed by atoms with van der Waals surface area (Å²) in [5.41, 5.74) is 4.41. The van der Waals surface area contributed by atoms with Crippen LogP contribution in [0.25, 0.3) is 22.6 Å². The molecule has 1 aliphatic heterocycles. The standard InChI is InChI=1S/C19H22N4/c1-14-5-2-7-16(11-14)18-22-17-8-4-10-21-19(17)23(18)13-15-6-3-9-20-12-15/h2,4-5,7-8,10-11,15,20H,3,6,9,12-13H2,1H3. The highest BCUT2D eigenvalue weighted by Crippen LogP contribution is 2.26. The molecule has 3 heterocycles. The molecule has 1 fully saturated rings. The first-order valence-electron chi connectivity index (χ1n) is 8.40. The van der Waals surface area contributed by atoms with Gasteiger partial charge in [-0.3, -0.25) is 0 Å². The van der Waals surface area contributed by atoms with Crippen molar-refractivity contribution in [2.24, 2.45) is 5.92 Å². The number of piperidine rings is 1. The number of hydrogen-bond acceptors (Lipinski definition) is 3. The van der Waals surface area contributed by atoms with E-state index in [9.17, 15) is 0 Å². The van der Waals surface area contributed by atoms with E-state index in [0.29, 0.717) is 5.92 Å². The SMILES string of the molecule is Cc1cccc(-c2nc3cccnc3n2CC2CCCNC2)c1. The molecule has 0 radical (unpaired) electrons. The summed E-state index contributed by atoms with van der Waals surface area (Å²) in [6, 6.07) is 12.6.